The van der Waals surface area contributed by atoms with Crippen molar-refractivity contribution in [2.24, 2.45) is 0 Å². The van der Waals surface area contributed by atoms with Crippen LogP contribution in [-0.2, 0) is 11.2 Å². The number of hydrogen-bond acceptors (Lipinski definition) is 3. The van der Waals surface area contributed by atoms with Crippen molar-refractivity contribution >= 4 is 17.9 Å². The molecule has 0 heterocycles. The second-order valence-corrected chi connectivity index (χ2v) is 4.47. The van der Waals surface area contributed by atoms with Crippen LogP contribution >= 0.6 is 0 Å². The van der Waals surface area contributed by atoms with Crippen molar-refractivity contribution in [1.82, 2.24) is 15.5 Å². The zero-order chi connectivity index (χ0) is 15.8. The zero-order valence-corrected chi connectivity index (χ0v) is 12.0. The normalized spacial score (nSPS) is 9.81. The first-order chi connectivity index (χ1) is 9.95. The third-order valence-corrected chi connectivity index (χ3v) is 2.99. The van der Waals surface area contributed by atoms with E-state index in [-0.39, 0.29) is 24.0 Å². The Kier molecular flexibility index (Phi) is 6.19. The molecule has 0 bridgehead atoms. The van der Waals surface area contributed by atoms with Crippen LogP contribution in [0.25, 0.3) is 0 Å². The highest BCUT2D eigenvalue weighted by atomic mass is 16.4. The average molecular weight is 293 g/mol. The Morgan fingerprint density at radius 3 is 2.52 bits per heavy atom. The van der Waals surface area contributed by atoms with Gasteiger partial charge in [-0.1, -0.05) is 18.2 Å². The lowest BCUT2D eigenvalue weighted by molar-refractivity contribution is -0.119. The fraction of sp³-hybridized carbons (Fsp3) is 0.357. The third-order valence-electron chi connectivity index (χ3n) is 2.99. The molecule has 7 nitrogen and oxygen atoms in total. The summed E-state index contributed by atoms with van der Waals surface area (Å²) in [6.07, 6.45) is 0.423. The van der Waals surface area contributed by atoms with Gasteiger partial charge in [0, 0.05) is 20.6 Å². The SMILES string of the molecule is CNC(=O)CNC(=O)N(C)CCc1ccccc1C(=O)O. The molecule has 0 radical (unpaired) electrons. The molecule has 0 aromatic heterocycles. The molecule has 0 unspecified atom stereocenters. The van der Waals surface area contributed by atoms with E-state index in [1.54, 1.807) is 25.2 Å². The Morgan fingerprint density at radius 2 is 1.90 bits per heavy atom. The molecule has 21 heavy (non-hydrogen) atoms. The number of carboxylic acid groups (broad SMARTS) is 1. The number of aromatic carboxylic acids is 1. The van der Waals surface area contributed by atoms with E-state index in [4.69, 9.17) is 5.11 Å². The summed E-state index contributed by atoms with van der Waals surface area (Å²) >= 11 is 0. The molecule has 0 fully saturated rings. The third kappa shape index (κ3) is 5.13. The van der Waals surface area contributed by atoms with Crippen LogP contribution in [0.2, 0.25) is 0 Å². The Bertz CT molecular complexity index is 531. The maximum Gasteiger partial charge on any atom is 0.335 e. The fourth-order valence-corrected chi connectivity index (χ4v) is 1.72. The minimum atomic E-state index is -0.989. The van der Waals surface area contributed by atoms with Crippen LogP contribution in [0.15, 0.2) is 24.3 Å². The van der Waals surface area contributed by atoms with Gasteiger partial charge in [0.2, 0.25) is 5.91 Å². The largest absolute Gasteiger partial charge is 0.478 e. The van der Waals surface area contributed by atoms with Gasteiger partial charge in [0.1, 0.15) is 0 Å². The Balaban J connectivity index is 2.53. The molecule has 1 aromatic rings. The fourth-order valence-electron chi connectivity index (χ4n) is 1.72. The van der Waals surface area contributed by atoms with E-state index in [1.807, 2.05) is 0 Å². The summed E-state index contributed by atoms with van der Waals surface area (Å²) in [5.74, 6) is -1.27. The monoisotopic (exact) mass is 293 g/mol. The molecular weight excluding hydrogens is 274 g/mol. The van der Waals surface area contributed by atoms with Crippen molar-refractivity contribution in [3.05, 3.63) is 35.4 Å². The highest BCUT2D eigenvalue weighted by Gasteiger charge is 2.12. The second kappa shape index (κ2) is 7.88. The van der Waals surface area contributed by atoms with E-state index in [0.717, 1.165) is 0 Å². The lowest BCUT2D eigenvalue weighted by atomic mass is 10.0. The molecule has 3 N–H and O–H groups in total. The molecule has 114 valence electrons. The van der Waals surface area contributed by atoms with Gasteiger partial charge in [-0.3, -0.25) is 4.79 Å². The molecule has 0 aliphatic heterocycles. The van der Waals surface area contributed by atoms with Gasteiger partial charge in [-0.05, 0) is 18.1 Å². The number of nitrogens with zero attached hydrogens (tertiary/aromatic N) is 1. The molecule has 1 rings (SSSR count). The summed E-state index contributed by atoms with van der Waals surface area (Å²) in [5, 5.41) is 13.9. The van der Waals surface area contributed by atoms with Crippen molar-refractivity contribution in [3.8, 4) is 0 Å². The molecule has 7 heteroatoms. The van der Waals surface area contributed by atoms with Crippen molar-refractivity contribution in [2.75, 3.05) is 27.2 Å². The van der Waals surface area contributed by atoms with Crippen LogP contribution < -0.4 is 10.6 Å². The van der Waals surface area contributed by atoms with Gasteiger partial charge in [-0.15, -0.1) is 0 Å². The van der Waals surface area contributed by atoms with Crippen LogP contribution in [0.4, 0.5) is 4.79 Å². The van der Waals surface area contributed by atoms with Crippen LogP contribution in [-0.4, -0.2) is 55.1 Å². The number of carbonyl (C=O) groups is 3. The second-order valence-electron chi connectivity index (χ2n) is 4.47. The Morgan fingerprint density at radius 1 is 1.24 bits per heavy atom. The molecule has 0 saturated carbocycles. The lowest BCUT2D eigenvalue weighted by Gasteiger charge is -2.18. The Hall–Kier alpha value is -2.57. The predicted molar refractivity (Wildman–Crippen MR) is 77.2 cm³/mol. The minimum absolute atomic E-state index is 0.0919. The van der Waals surface area contributed by atoms with Crippen LogP contribution in [0, 0.1) is 0 Å². The zero-order valence-electron chi connectivity index (χ0n) is 12.0. The number of hydrogen-bond donors (Lipinski definition) is 3. The number of urea groups is 1. The summed E-state index contributed by atoms with van der Waals surface area (Å²) in [7, 11) is 3.07. The molecule has 3 amide bonds. The number of benzene rings is 1. The molecular formula is C14H19N3O4. The summed E-state index contributed by atoms with van der Waals surface area (Å²) < 4.78 is 0. The summed E-state index contributed by atoms with van der Waals surface area (Å²) in [4.78, 5) is 35.2. The molecule has 0 aliphatic carbocycles. The first kappa shape index (κ1) is 16.5. The van der Waals surface area contributed by atoms with Gasteiger partial charge < -0.3 is 20.6 Å². The van der Waals surface area contributed by atoms with Gasteiger partial charge in [0.15, 0.2) is 0 Å². The number of rotatable bonds is 6. The smallest absolute Gasteiger partial charge is 0.335 e. The van der Waals surface area contributed by atoms with Crippen LogP contribution in [0.5, 0.6) is 0 Å². The predicted octanol–water partition coefficient (Wildman–Crippen LogP) is 0.315. The van der Waals surface area contributed by atoms with E-state index in [1.165, 1.54) is 18.0 Å². The van der Waals surface area contributed by atoms with Crippen molar-refractivity contribution in [2.45, 2.75) is 6.42 Å². The van der Waals surface area contributed by atoms with Crippen LogP contribution in [0.3, 0.4) is 0 Å². The van der Waals surface area contributed by atoms with Gasteiger partial charge in [0.05, 0.1) is 12.1 Å². The van der Waals surface area contributed by atoms with E-state index in [2.05, 4.69) is 10.6 Å². The van der Waals surface area contributed by atoms with Crippen molar-refractivity contribution in [1.29, 1.82) is 0 Å². The maximum atomic E-state index is 11.7. The van der Waals surface area contributed by atoms with Crippen molar-refractivity contribution in [3.63, 3.8) is 0 Å². The number of likely N-dealkylation sites (N-methyl/N-ethyl adjacent to an activating group) is 2. The minimum Gasteiger partial charge on any atom is -0.478 e. The number of nitrogens with one attached hydrogen (secondary N) is 2. The van der Waals surface area contributed by atoms with Crippen molar-refractivity contribution < 1.29 is 19.5 Å². The number of carboxylic acids is 1. The van der Waals surface area contributed by atoms with Gasteiger partial charge in [0.25, 0.3) is 0 Å². The average Bonchev–Trinajstić information content (AvgIpc) is 2.49. The first-order valence-electron chi connectivity index (χ1n) is 6.46. The summed E-state index contributed by atoms with van der Waals surface area (Å²) in [6.45, 7) is 0.259. The standard InChI is InChI=1S/C14H19N3O4/c1-15-12(18)9-16-14(21)17(2)8-7-10-5-3-4-6-11(10)13(19)20/h3-6H,7-9H2,1-2H3,(H,15,18)(H,16,21)(H,19,20). The highest BCUT2D eigenvalue weighted by molar-refractivity contribution is 5.89. The van der Waals surface area contributed by atoms with Gasteiger partial charge >= 0.3 is 12.0 Å². The molecule has 0 aliphatic rings. The molecule has 0 spiro atoms. The van der Waals surface area contributed by atoms with E-state index >= 15 is 0 Å². The topological polar surface area (TPSA) is 98.7 Å². The number of carbonyl (C=O) groups excluding carboxylic acids is 2. The first-order valence-corrected chi connectivity index (χ1v) is 6.46. The quantitative estimate of drug-likeness (QED) is 0.703. The molecule has 0 atom stereocenters. The molecule has 0 saturated heterocycles. The Labute approximate surface area is 122 Å². The molecule has 1 aromatic carbocycles. The number of amides is 3. The highest BCUT2D eigenvalue weighted by Crippen LogP contribution is 2.10. The van der Waals surface area contributed by atoms with E-state index in [0.29, 0.717) is 18.5 Å². The summed E-state index contributed by atoms with van der Waals surface area (Å²) in [5.41, 5.74) is 0.896. The van der Waals surface area contributed by atoms with E-state index in [9.17, 15) is 14.4 Å². The van der Waals surface area contributed by atoms with Crippen LogP contribution in [0.1, 0.15) is 15.9 Å². The lowest BCUT2D eigenvalue weighted by Crippen LogP contribution is -2.42. The maximum absolute atomic E-state index is 11.7. The summed E-state index contributed by atoms with van der Waals surface area (Å²) in [6, 6.07) is 6.29. The van der Waals surface area contributed by atoms with Gasteiger partial charge in [-0.25, -0.2) is 9.59 Å². The van der Waals surface area contributed by atoms with Gasteiger partial charge in [-0.2, -0.15) is 0 Å². The van der Waals surface area contributed by atoms with E-state index < -0.39 is 5.97 Å².